The predicted molar refractivity (Wildman–Crippen MR) is 102 cm³/mol. The van der Waals surface area contributed by atoms with Gasteiger partial charge >= 0.3 is 5.97 Å². The summed E-state index contributed by atoms with van der Waals surface area (Å²) in [5.41, 5.74) is -1.02. The zero-order valence-electron chi connectivity index (χ0n) is 15.7. The average Bonchev–Trinajstić information content (AvgIpc) is 2.74. The number of aromatic nitrogens is 1. The topological polar surface area (TPSA) is 71.8 Å². The monoisotopic (exact) mass is 418 g/mol. The van der Waals surface area contributed by atoms with Crippen molar-refractivity contribution in [2.24, 2.45) is 0 Å². The first-order valence-corrected chi connectivity index (χ1v) is 9.22. The first-order valence-electron chi connectivity index (χ1n) is 9.22. The highest BCUT2D eigenvalue weighted by Gasteiger charge is 2.22. The van der Waals surface area contributed by atoms with E-state index >= 15 is 0 Å². The van der Waals surface area contributed by atoms with E-state index < -0.39 is 45.3 Å². The van der Waals surface area contributed by atoms with Crippen LogP contribution in [0.3, 0.4) is 0 Å². The molecule has 0 bridgehead atoms. The van der Waals surface area contributed by atoms with Gasteiger partial charge in [0.15, 0.2) is 17.5 Å². The van der Waals surface area contributed by atoms with E-state index in [9.17, 15) is 27.9 Å². The summed E-state index contributed by atoms with van der Waals surface area (Å²) in [5.74, 6) is -6.41. The van der Waals surface area contributed by atoms with Crippen LogP contribution in [-0.2, 0) is 11.3 Å². The summed E-state index contributed by atoms with van der Waals surface area (Å²) < 4.78 is 48.5. The highest BCUT2D eigenvalue weighted by Crippen LogP contribution is 2.25. The number of ether oxygens (including phenoxy) is 1. The number of morpholine rings is 1. The summed E-state index contributed by atoms with van der Waals surface area (Å²) in [7, 11) is 0. The maximum atomic E-state index is 14.6. The Labute approximate surface area is 168 Å². The number of benzene rings is 2. The van der Waals surface area contributed by atoms with Gasteiger partial charge in [-0.2, -0.15) is 0 Å². The standard InChI is InChI=1S/C21H17F3N2O4/c22-16-9-14-19(18(24)17(16)23)26(11-15(20(14)27)21(28)29)13-3-1-12(2-4-13)10-25-5-7-30-8-6-25/h1-4,9,11H,5-8,10H2,(H,28,29). The number of nitrogens with zero attached hydrogens (tertiary/aromatic N) is 2. The quantitative estimate of drug-likeness (QED) is 0.660. The molecule has 0 radical (unpaired) electrons. The molecule has 1 aliphatic heterocycles. The minimum atomic E-state index is -1.73. The second kappa shape index (κ2) is 7.92. The fourth-order valence-electron chi connectivity index (χ4n) is 3.53. The summed E-state index contributed by atoms with van der Waals surface area (Å²) >= 11 is 0. The van der Waals surface area contributed by atoms with Gasteiger partial charge in [0.2, 0.25) is 5.43 Å². The first-order chi connectivity index (χ1) is 14.4. The van der Waals surface area contributed by atoms with Crippen LogP contribution in [0.4, 0.5) is 13.2 Å². The Morgan fingerprint density at radius 1 is 1.07 bits per heavy atom. The fourth-order valence-corrected chi connectivity index (χ4v) is 3.53. The predicted octanol–water partition coefficient (Wildman–Crippen LogP) is 2.94. The van der Waals surface area contributed by atoms with Crippen LogP contribution in [0, 0.1) is 17.5 Å². The molecule has 0 amide bonds. The molecule has 0 atom stereocenters. The Morgan fingerprint density at radius 3 is 2.37 bits per heavy atom. The Hall–Kier alpha value is -3.17. The Bertz CT molecular complexity index is 1190. The van der Waals surface area contributed by atoms with Crippen molar-refractivity contribution in [3.8, 4) is 5.69 Å². The number of carboxylic acids is 1. The molecule has 6 nitrogen and oxygen atoms in total. The number of aromatic carboxylic acids is 1. The first kappa shape index (κ1) is 20.1. The number of rotatable bonds is 4. The van der Waals surface area contributed by atoms with E-state index in [1.54, 1.807) is 24.3 Å². The van der Waals surface area contributed by atoms with E-state index in [0.717, 1.165) is 29.4 Å². The molecule has 0 aliphatic carbocycles. The second-order valence-corrected chi connectivity index (χ2v) is 6.98. The van der Waals surface area contributed by atoms with Crippen molar-refractivity contribution in [3.63, 3.8) is 0 Å². The highest BCUT2D eigenvalue weighted by atomic mass is 19.2. The van der Waals surface area contributed by atoms with Gasteiger partial charge < -0.3 is 14.4 Å². The maximum Gasteiger partial charge on any atom is 0.341 e. The van der Waals surface area contributed by atoms with Crippen LogP contribution in [0.25, 0.3) is 16.6 Å². The van der Waals surface area contributed by atoms with Crippen molar-refractivity contribution in [2.75, 3.05) is 26.3 Å². The van der Waals surface area contributed by atoms with Crippen molar-refractivity contribution in [2.45, 2.75) is 6.54 Å². The molecule has 156 valence electrons. The highest BCUT2D eigenvalue weighted by molar-refractivity contribution is 5.93. The molecular weight excluding hydrogens is 401 g/mol. The normalized spacial score (nSPS) is 14.9. The number of halogens is 3. The molecule has 0 spiro atoms. The lowest BCUT2D eigenvalue weighted by Crippen LogP contribution is -2.35. The van der Waals surface area contributed by atoms with Crippen LogP contribution < -0.4 is 5.43 Å². The van der Waals surface area contributed by atoms with Crippen LogP contribution in [0.2, 0.25) is 0 Å². The lowest BCUT2D eigenvalue weighted by Gasteiger charge is -2.26. The molecular formula is C21H17F3N2O4. The molecule has 1 aliphatic rings. The molecule has 1 aromatic heterocycles. The van der Waals surface area contributed by atoms with E-state index in [4.69, 9.17) is 4.74 Å². The van der Waals surface area contributed by atoms with Gasteiger partial charge in [0.25, 0.3) is 0 Å². The maximum absolute atomic E-state index is 14.6. The zero-order chi connectivity index (χ0) is 21.4. The van der Waals surface area contributed by atoms with Crippen molar-refractivity contribution in [3.05, 3.63) is 75.3 Å². The number of carboxylic acid groups (broad SMARTS) is 1. The van der Waals surface area contributed by atoms with Crippen molar-refractivity contribution >= 4 is 16.9 Å². The molecule has 3 aromatic rings. The van der Waals surface area contributed by atoms with E-state index in [1.807, 2.05) is 0 Å². The molecule has 4 rings (SSSR count). The number of pyridine rings is 1. The Balaban J connectivity index is 1.83. The average molecular weight is 418 g/mol. The van der Waals surface area contributed by atoms with Gasteiger partial charge in [-0.1, -0.05) is 12.1 Å². The van der Waals surface area contributed by atoms with Crippen LogP contribution in [0.5, 0.6) is 0 Å². The summed E-state index contributed by atoms with van der Waals surface area (Å²) in [6.07, 6.45) is 0.921. The third-order valence-electron chi connectivity index (χ3n) is 5.08. The molecule has 1 saturated heterocycles. The third-order valence-corrected chi connectivity index (χ3v) is 5.08. The lowest BCUT2D eigenvalue weighted by molar-refractivity contribution is 0.0342. The minimum absolute atomic E-state index is 0.304. The van der Waals surface area contributed by atoms with Crippen LogP contribution in [0.1, 0.15) is 15.9 Å². The lowest BCUT2D eigenvalue weighted by atomic mass is 10.1. The molecule has 2 aromatic carbocycles. The second-order valence-electron chi connectivity index (χ2n) is 6.98. The van der Waals surface area contributed by atoms with Gasteiger partial charge in [0.05, 0.1) is 24.1 Å². The number of fused-ring (bicyclic) bond motifs is 1. The molecule has 2 heterocycles. The van der Waals surface area contributed by atoms with Gasteiger partial charge in [0.1, 0.15) is 5.56 Å². The molecule has 9 heteroatoms. The summed E-state index contributed by atoms with van der Waals surface area (Å²) in [4.78, 5) is 26.1. The summed E-state index contributed by atoms with van der Waals surface area (Å²) in [6, 6.07) is 7.27. The number of hydrogen-bond acceptors (Lipinski definition) is 4. The number of carbonyl (C=O) groups is 1. The van der Waals surface area contributed by atoms with Crippen molar-refractivity contribution < 1.29 is 27.8 Å². The molecule has 1 fully saturated rings. The van der Waals surface area contributed by atoms with Gasteiger partial charge in [-0.3, -0.25) is 9.69 Å². The van der Waals surface area contributed by atoms with Gasteiger partial charge in [-0.15, -0.1) is 0 Å². The molecule has 30 heavy (non-hydrogen) atoms. The van der Waals surface area contributed by atoms with Crippen molar-refractivity contribution in [1.82, 2.24) is 9.47 Å². The van der Waals surface area contributed by atoms with E-state index in [2.05, 4.69) is 4.90 Å². The minimum Gasteiger partial charge on any atom is -0.477 e. The summed E-state index contributed by atoms with van der Waals surface area (Å²) in [6.45, 7) is 3.57. The Kier molecular flexibility index (Phi) is 5.31. The Morgan fingerprint density at radius 2 is 1.73 bits per heavy atom. The van der Waals surface area contributed by atoms with Crippen LogP contribution in [0.15, 0.2) is 41.3 Å². The van der Waals surface area contributed by atoms with Crippen LogP contribution >= 0.6 is 0 Å². The smallest absolute Gasteiger partial charge is 0.341 e. The van der Waals surface area contributed by atoms with E-state index in [1.165, 1.54) is 0 Å². The largest absolute Gasteiger partial charge is 0.477 e. The van der Waals surface area contributed by atoms with Gasteiger partial charge in [0, 0.05) is 31.5 Å². The third kappa shape index (κ3) is 3.57. The zero-order valence-corrected chi connectivity index (χ0v) is 15.7. The van der Waals surface area contributed by atoms with E-state index in [-0.39, 0.29) is 0 Å². The molecule has 0 unspecified atom stereocenters. The van der Waals surface area contributed by atoms with Crippen LogP contribution in [-0.4, -0.2) is 46.8 Å². The number of hydrogen-bond donors (Lipinski definition) is 1. The van der Waals surface area contributed by atoms with Gasteiger partial charge in [-0.25, -0.2) is 18.0 Å². The van der Waals surface area contributed by atoms with E-state index in [0.29, 0.717) is 31.5 Å². The molecule has 0 saturated carbocycles. The molecule has 1 N–H and O–H groups in total. The van der Waals surface area contributed by atoms with Crippen molar-refractivity contribution in [1.29, 1.82) is 0 Å². The summed E-state index contributed by atoms with van der Waals surface area (Å²) in [5, 5.41) is 8.77. The van der Waals surface area contributed by atoms with Gasteiger partial charge in [-0.05, 0) is 23.8 Å². The fraction of sp³-hybridized carbons (Fsp3) is 0.238. The SMILES string of the molecule is O=C(O)c1cn(-c2ccc(CN3CCOCC3)cc2)c2c(F)c(F)c(F)cc2c1=O.